The van der Waals surface area contributed by atoms with Crippen molar-refractivity contribution in [2.75, 3.05) is 5.43 Å². The Morgan fingerprint density at radius 2 is 2.18 bits per heavy atom. The Morgan fingerprint density at radius 1 is 1.35 bits per heavy atom. The van der Waals surface area contributed by atoms with Crippen LogP contribution in [0.3, 0.4) is 0 Å². The van der Waals surface area contributed by atoms with Crippen molar-refractivity contribution in [1.29, 1.82) is 0 Å². The standard InChI is InChI=1S/C12H15N5/c1-8-7-12(15-10(3)14-8)17-16-9(2)11-5-4-6-13-11/h4-7,13H,1-3H3,(H,14,15,17). The van der Waals surface area contributed by atoms with Crippen LogP contribution in [0, 0.1) is 13.8 Å². The third-order valence-electron chi connectivity index (χ3n) is 2.29. The molecular formula is C12H15N5. The molecule has 0 fully saturated rings. The van der Waals surface area contributed by atoms with Crippen LogP contribution in [0.4, 0.5) is 5.82 Å². The number of hydrogen-bond donors (Lipinski definition) is 2. The largest absolute Gasteiger partial charge is 0.360 e. The van der Waals surface area contributed by atoms with Gasteiger partial charge in [-0.1, -0.05) is 0 Å². The number of hydrazone groups is 1. The Kier molecular flexibility index (Phi) is 3.18. The predicted molar refractivity (Wildman–Crippen MR) is 68.1 cm³/mol. The lowest BCUT2D eigenvalue weighted by Gasteiger charge is -2.03. The van der Waals surface area contributed by atoms with Crippen molar-refractivity contribution >= 4 is 11.5 Å². The van der Waals surface area contributed by atoms with Gasteiger partial charge in [0.2, 0.25) is 0 Å². The van der Waals surface area contributed by atoms with Crippen LogP contribution in [-0.4, -0.2) is 20.7 Å². The molecule has 2 heterocycles. The quantitative estimate of drug-likeness (QED) is 0.626. The highest BCUT2D eigenvalue weighted by molar-refractivity contribution is 5.97. The molecule has 2 aromatic rings. The molecular weight excluding hydrogens is 214 g/mol. The van der Waals surface area contributed by atoms with Gasteiger partial charge in [-0.25, -0.2) is 9.97 Å². The number of nitrogens with zero attached hydrogens (tertiary/aromatic N) is 3. The van der Waals surface area contributed by atoms with E-state index in [1.165, 1.54) is 0 Å². The number of anilines is 1. The summed E-state index contributed by atoms with van der Waals surface area (Å²) in [7, 11) is 0. The fourth-order valence-corrected chi connectivity index (χ4v) is 1.53. The molecule has 0 aromatic carbocycles. The number of hydrogen-bond acceptors (Lipinski definition) is 4. The highest BCUT2D eigenvalue weighted by Crippen LogP contribution is 2.06. The summed E-state index contributed by atoms with van der Waals surface area (Å²) in [5, 5.41) is 4.26. The van der Waals surface area contributed by atoms with Gasteiger partial charge < -0.3 is 4.98 Å². The van der Waals surface area contributed by atoms with Crippen molar-refractivity contribution in [3.8, 4) is 0 Å². The minimum Gasteiger partial charge on any atom is -0.360 e. The second kappa shape index (κ2) is 4.78. The smallest absolute Gasteiger partial charge is 0.150 e. The first kappa shape index (κ1) is 11.3. The topological polar surface area (TPSA) is 66.0 Å². The maximum absolute atomic E-state index is 4.26. The van der Waals surface area contributed by atoms with Crippen LogP contribution in [0.5, 0.6) is 0 Å². The molecule has 0 aliphatic carbocycles. The van der Waals surface area contributed by atoms with Crippen molar-refractivity contribution in [2.24, 2.45) is 5.10 Å². The molecule has 0 saturated carbocycles. The zero-order valence-electron chi connectivity index (χ0n) is 10.2. The normalized spacial score (nSPS) is 11.6. The van der Waals surface area contributed by atoms with Crippen molar-refractivity contribution in [1.82, 2.24) is 15.0 Å². The van der Waals surface area contributed by atoms with Crippen LogP contribution in [0.1, 0.15) is 24.1 Å². The lowest BCUT2D eigenvalue weighted by Crippen LogP contribution is -2.02. The van der Waals surface area contributed by atoms with Crippen molar-refractivity contribution in [3.63, 3.8) is 0 Å². The van der Waals surface area contributed by atoms with Gasteiger partial charge >= 0.3 is 0 Å². The van der Waals surface area contributed by atoms with E-state index >= 15 is 0 Å². The molecule has 0 bridgehead atoms. The van der Waals surface area contributed by atoms with E-state index in [1.54, 1.807) is 0 Å². The average molecular weight is 229 g/mol. The molecule has 5 nitrogen and oxygen atoms in total. The van der Waals surface area contributed by atoms with Gasteiger partial charge in [0.25, 0.3) is 0 Å². The molecule has 17 heavy (non-hydrogen) atoms. The zero-order valence-corrected chi connectivity index (χ0v) is 10.2. The second-order valence-electron chi connectivity index (χ2n) is 3.83. The van der Waals surface area contributed by atoms with Crippen molar-refractivity contribution in [3.05, 3.63) is 41.6 Å². The van der Waals surface area contributed by atoms with Crippen molar-refractivity contribution < 1.29 is 0 Å². The van der Waals surface area contributed by atoms with E-state index in [1.807, 2.05) is 45.2 Å². The van der Waals surface area contributed by atoms with E-state index < -0.39 is 0 Å². The van der Waals surface area contributed by atoms with Crippen LogP contribution < -0.4 is 5.43 Å². The maximum Gasteiger partial charge on any atom is 0.150 e. The number of aryl methyl sites for hydroxylation is 2. The molecule has 0 radical (unpaired) electrons. The van der Waals surface area contributed by atoms with Gasteiger partial charge in [-0.15, -0.1) is 0 Å². The minimum atomic E-state index is 0.709. The fourth-order valence-electron chi connectivity index (χ4n) is 1.53. The van der Waals surface area contributed by atoms with Gasteiger partial charge in [0, 0.05) is 18.0 Å². The number of rotatable bonds is 3. The number of aromatic amines is 1. The lowest BCUT2D eigenvalue weighted by molar-refractivity contribution is 1.00. The summed E-state index contributed by atoms with van der Waals surface area (Å²) in [6.07, 6.45) is 1.87. The van der Waals surface area contributed by atoms with Crippen molar-refractivity contribution in [2.45, 2.75) is 20.8 Å². The van der Waals surface area contributed by atoms with Crippen LogP contribution in [-0.2, 0) is 0 Å². The Balaban J connectivity index is 2.14. The lowest BCUT2D eigenvalue weighted by atomic mass is 10.3. The molecule has 2 N–H and O–H groups in total. The molecule has 0 atom stereocenters. The molecule has 88 valence electrons. The summed E-state index contributed by atoms with van der Waals surface area (Å²) in [5.41, 5.74) is 5.72. The van der Waals surface area contributed by atoms with E-state index in [0.717, 1.165) is 22.9 Å². The van der Waals surface area contributed by atoms with E-state index in [9.17, 15) is 0 Å². The van der Waals surface area contributed by atoms with Gasteiger partial charge in [0.05, 0.1) is 11.4 Å². The van der Waals surface area contributed by atoms with Crippen LogP contribution >= 0.6 is 0 Å². The Hall–Kier alpha value is -2.17. The third kappa shape index (κ3) is 2.90. The molecule has 0 saturated heterocycles. The molecule has 0 unspecified atom stereocenters. The van der Waals surface area contributed by atoms with E-state index in [2.05, 4.69) is 25.5 Å². The van der Waals surface area contributed by atoms with Gasteiger partial charge in [-0.2, -0.15) is 5.10 Å². The van der Waals surface area contributed by atoms with E-state index in [-0.39, 0.29) is 0 Å². The van der Waals surface area contributed by atoms with Gasteiger partial charge in [-0.05, 0) is 32.9 Å². The summed E-state index contributed by atoms with van der Waals surface area (Å²) < 4.78 is 0. The van der Waals surface area contributed by atoms with Gasteiger partial charge in [0.1, 0.15) is 11.6 Å². The Labute approximate surface area is 100 Å². The number of H-pyrrole nitrogens is 1. The van der Waals surface area contributed by atoms with Crippen LogP contribution in [0.2, 0.25) is 0 Å². The summed E-state index contributed by atoms with van der Waals surface area (Å²) in [5.74, 6) is 1.45. The monoisotopic (exact) mass is 229 g/mol. The highest BCUT2D eigenvalue weighted by Gasteiger charge is 1.99. The fraction of sp³-hybridized carbons (Fsp3) is 0.250. The third-order valence-corrected chi connectivity index (χ3v) is 2.29. The molecule has 5 heteroatoms. The highest BCUT2D eigenvalue weighted by atomic mass is 15.3. The minimum absolute atomic E-state index is 0.709. The number of aromatic nitrogens is 3. The van der Waals surface area contributed by atoms with E-state index in [4.69, 9.17) is 0 Å². The molecule has 2 aromatic heterocycles. The summed E-state index contributed by atoms with van der Waals surface area (Å²) in [4.78, 5) is 11.5. The first-order valence-electron chi connectivity index (χ1n) is 5.41. The van der Waals surface area contributed by atoms with Gasteiger partial charge in [-0.3, -0.25) is 5.43 Å². The summed E-state index contributed by atoms with van der Waals surface area (Å²) in [6.45, 7) is 5.72. The molecule has 0 aliphatic heterocycles. The molecule has 0 amide bonds. The summed E-state index contributed by atoms with van der Waals surface area (Å²) >= 11 is 0. The SMILES string of the molecule is CC(=NNc1cc(C)nc(C)n1)c1ccc[nH]1. The molecule has 0 spiro atoms. The van der Waals surface area contributed by atoms with E-state index in [0.29, 0.717) is 5.82 Å². The summed E-state index contributed by atoms with van der Waals surface area (Å²) in [6, 6.07) is 5.77. The zero-order chi connectivity index (χ0) is 12.3. The van der Waals surface area contributed by atoms with Gasteiger partial charge in [0.15, 0.2) is 0 Å². The Bertz CT molecular complexity index is 508. The molecule has 2 rings (SSSR count). The molecule has 0 aliphatic rings. The Morgan fingerprint density at radius 3 is 2.82 bits per heavy atom. The van der Waals surface area contributed by atoms with Crippen LogP contribution in [0.25, 0.3) is 0 Å². The maximum atomic E-state index is 4.26. The average Bonchev–Trinajstić information content (AvgIpc) is 2.78. The first-order chi connectivity index (χ1) is 8.15. The predicted octanol–water partition coefficient (Wildman–Crippen LogP) is 2.26. The number of nitrogens with one attached hydrogen (secondary N) is 2. The first-order valence-corrected chi connectivity index (χ1v) is 5.41. The van der Waals surface area contributed by atoms with Crippen LogP contribution in [0.15, 0.2) is 29.5 Å². The second-order valence-corrected chi connectivity index (χ2v) is 3.83.